The van der Waals surface area contributed by atoms with Crippen molar-refractivity contribution in [2.24, 2.45) is 0 Å². The number of hydrogen-bond donors (Lipinski definition) is 0. The average Bonchev–Trinajstić information content (AvgIpc) is 2.32. The van der Waals surface area contributed by atoms with E-state index in [4.69, 9.17) is 9.47 Å². The van der Waals surface area contributed by atoms with Gasteiger partial charge < -0.3 is 9.47 Å². The minimum Gasteiger partial charge on any atom is -0.459 e. The first-order valence-corrected chi connectivity index (χ1v) is 5.37. The van der Waals surface area contributed by atoms with E-state index in [9.17, 15) is 14.0 Å². The molecule has 4 nitrogen and oxygen atoms in total. The third-order valence-corrected chi connectivity index (χ3v) is 2.55. The summed E-state index contributed by atoms with van der Waals surface area (Å²) in [7, 11) is 0. The molecule has 1 aliphatic rings. The van der Waals surface area contributed by atoms with Crippen molar-refractivity contribution in [2.75, 3.05) is 0 Å². The van der Waals surface area contributed by atoms with Gasteiger partial charge in [-0.3, -0.25) is 0 Å². The number of rotatable bonds is 4. The Morgan fingerprint density at radius 1 is 1.12 bits per heavy atom. The van der Waals surface area contributed by atoms with Gasteiger partial charge in [-0.1, -0.05) is 13.2 Å². The Labute approximate surface area is 99.1 Å². The Hall–Kier alpha value is -1.65. The van der Waals surface area contributed by atoms with E-state index < -0.39 is 30.3 Å². The van der Waals surface area contributed by atoms with Gasteiger partial charge in [0.25, 0.3) is 0 Å². The molecule has 0 spiro atoms. The van der Waals surface area contributed by atoms with E-state index in [2.05, 4.69) is 13.2 Å². The summed E-state index contributed by atoms with van der Waals surface area (Å²) in [5.74, 6) is -1.21. The summed E-state index contributed by atoms with van der Waals surface area (Å²) in [6.07, 6.45) is 0.288. The van der Waals surface area contributed by atoms with Gasteiger partial charge in [-0.05, 0) is 12.8 Å². The summed E-state index contributed by atoms with van der Waals surface area (Å²) in [5, 5.41) is 0. The molecule has 0 radical (unpaired) electrons. The SMILES string of the molecule is C=CC(=O)OC1CCC(OC(=O)C=C)C(F)C1. The second-order valence-corrected chi connectivity index (χ2v) is 3.77. The van der Waals surface area contributed by atoms with Gasteiger partial charge in [0.1, 0.15) is 18.4 Å². The summed E-state index contributed by atoms with van der Waals surface area (Å²) < 4.78 is 23.4. The first kappa shape index (κ1) is 13.4. The fourth-order valence-corrected chi connectivity index (χ4v) is 1.70. The highest BCUT2D eigenvalue weighted by atomic mass is 19.1. The van der Waals surface area contributed by atoms with E-state index in [1.807, 2.05) is 0 Å². The van der Waals surface area contributed by atoms with Crippen LogP contribution >= 0.6 is 0 Å². The minimum atomic E-state index is -1.32. The summed E-state index contributed by atoms with van der Waals surface area (Å²) in [6, 6.07) is 0. The highest BCUT2D eigenvalue weighted by Crippen LogP contribution is 2.26. The van der Waals surface area contributed by atoms with Crippen LogP contribution in [0.15, 0.2) is 25.3 Å². The summed E-state index contributed by atoms with van der Waals surface area (Å²) in [5.41, 5.74) is 0. The average molecular weight is 242 g/mol. The Bertz CT molecular complexity index is 326. The lowest BCUT2D eigenvalue weighted by molar-refractivity contribution is -0.157. The third kappa shape index (κ3) is 4.01. The van der Waals surface area contributed by atoms with Crippen LogP contribution in [0.5, 0.6) is 0 Å². The van der Waals surface area contributed by atoms with E-state index in [0.717, 1.165) is 12.2 Å². The van der Waals surface area contributed by atoms with Gasteiger partial charge >= 0.3 is 11.9 Å². The first-order valence-electron chi connectivity index (χ1n) is 5.37. The van der Waals surface area contributed by atoms with Gasteiger partial charge in [0.15, 0.2) is 0 Å². The molecule has 0 amide bonds. The second kappa shape index (κ2) is 6.18. The Kier molecular flexibility index (Phi) is 4.87. The van der Waals surface area contributed by atoms with E-state index >= 15 is 0 Å². The molecule has 0 aromatic rings. The molecular weight excluding hydrogens is 227 g/mol. The molecule has 1 rings (SSSR count). The maximum Gasteiger partial charge on any atom is 0.330 e. The Morgan fingerprint density at radius 3 is 2.24 bits per heavy atom. The molecule has 94 valence electrons. The van der Waals surface area contributed by atoms with Crippen molar-refractivity contribution in [2.45, 2.75) is 37.6 Å². The van der Waals surface area contributed by atoms with Crippen LogP contribution in [-0.2, 0) is 19.1 Å². The second-order valence-electron chi connectivity index (χ2n) is 3.77. The molecule has 1 saturated carbocycles. The molecule has 1 aliphatic carbocycles. The smallest absolute Gasteiger partial charge is 0.330 e. The zero-order chi connectivity index (χ0) is 12.8. The molecule has 3 atom stereocenters. The number of alkyl halides is 1. The normalized spacial score (nSPS) is 27.9. The molecule has 0 saturated heterocycles. The highest BCUT2D eigenvalue weighted by Gasteiger charge is 2.34. The van der Waals surface area contributed by atoms with Crippen LogP contribution in [0.2, 0.25) is 0 Å². The topological polar surface area (TPSA) is 52.6 Å². The first-order chi connectivity index (χ1) is 8.06. The van der Waals surface area contributed by atoms with Crippen molar-refractivity contribution >= 4 is 11.9 Å². The summed E-state index contributed by atoms with van der Waals surface area (Å²) in [4.78, 5) is 21.9. The molecule has 0 aromatic heterocycles. The van der Waals surface area contributed by atoms with Crippen molar-refractivity contribution in [1.29, 1.82) is 0 Å². The van der Waals surface area contributed by atoms with Crippen molar-refractivity contribution in [3.63, 3.8) is 0 Å². The van der Waals surface area contributed by atoms with Crippen LogP contribution in [0.4, 0.5) is 4.39 Å². The fourth-order valence-electron chi connectivity index (χ4n) is 1.70. The van der Waals surface area contributed by atoms with Crippen LogP contribution in [0, 0.1) is 0 Å². The number of hydrogen-bond acceptors (Lipinski definition) is 4. The van der Waals surface area contributed by atoms with Crippen LogP contribution < -0.4 is 0 Å². The molecule has 17 heavy (non-hydrogen) atoms. The molecule has 0 aliphatic heterocycles. The molecular formula is C12H15FO4. The van der Waals surface area contributed by atoms with Crippen LogP contribution in [0.25, 0.3) is 0 Å². The quantitative estimate of drug-likeness (QED) is 0.556. The zero-order valence-electron chi connectivity index (χ0n) is 9.43. The van der Waals surface area contributed by atoms with Gasteiger partial charge in [0, 0.05) is 18.6 Å². The largest absolute Gasteiger partial charge is 0.459 e. The van der Waals surface area contributed by atoms with E-state index in [1.165, 1.54) is 0 Å². The van der Waals surface area contributed by atoms with Crippen molar-refractivity contribution in [1.82, 2.24) is 0 Å². The van der Waals surface area contributed by atoms with Gasteiger partial charge in [-0.25, -0.2) is 14.0 Å². The van der Waals surface area contributed by atoms with Crippen LogP contribution in [0.1, 0.15) is 19.3 Å². The number of ether oxygens (including phenoxy) is 2. The van der Waals surface area contributed by atoms with Crippen molar-refractivity contribution in [3.8, 4) is 0 Å². The predicted molar refractivity (Wildman–Crippen MR) is 58.9 cm³/mol. The summed E-state index contributed by atoms with van der Waals surface area (Å²) in [6.45, 7) is 6.50. The minimum absolute atomic E-state index is 0.0364. The van der Waals surface area contributed by atoms with Gasteiger partial charge in [-0.2, -0.15) is 0 Å². The molecule has 1 fully saturated rings. The summed E-state index contributed by atoms with van der Waals surface area (Å²) >= 11 is 0. The molecule has 3 unspecified atom stereocenters. The number of halogens is 1. The van der Waals surface area contributed by atoms with E-state index in [-0.39, 0.29) is 6.42 Å². The van der Waals surface area contributed by atoms with Gasteiger partial charge in [0.05, 0.1) is 0 Å². The predicted octanol–water partition coefficient (Wildman–Crippen LogP) is 1.70. The third-order valence-electron chi connectivity index (χ3n) is 2.55. The van der Waals surface area contributed by atoms with Crippen LogP contribution in [-0.4, -0.2) is 30.3 Å². The lowest BCUT2D eigenvalue weighted by Crippen LogP contribution is -2.38. The van der Waals surface area contributed by atoms with Crippen LogP contribution in [0.3, 0.4) is 0 Å². The lowest BCUT2D eigenvalue weighted by atomic mass is 9.93. The van der Waals surface area contributed by atoms with E-state index in [1.54, 1.807) is 0 Å². The zero-order valence-corrected chi connectivity index (χ0v) is 9.43. The Morgan fingerprint density at radius 2 is 1.71 bits per heavy atom. The molecule has 5 heteroatoms. The monoisotopic (exact) mass is 242 g/mol. The maximum absolute atomic E-state index is 13.6. The molecule has 0 N–H and O–H groups in total. The van der Waals surface area contributed by atoms with Crippen molar-refractivity contribution < 1.29 is 23.5 Å². The fraction of sp³-hybridized carbons (Fsp3) is 0.500. The maximum atomic E-state index is 13.6. The molecule has 0 bridgehead atoms. The highest BCUT2D eigenvalue weighted by molar-refractivity contribution is 5.81. The number of carbonyl (C=O) groups is 2. The molecule has 0 aromatic carbocycles. The Balaban J connectivity index is 2.43. The van der Waals surface area contributed by atoms with Crippen molar-refractivity contribution in [3.05, 3.63) is 25.3 Å². The molecule has 0 heterocycles. The number of esters is 2. The lowest BCUT2D eigenvalue weighted by Gasteiger charge is -2.30. The van der Waals surface area contributed by atoms with E-state index in [0.29, 0.717) is 12.8 Å². The van der Waals surface area contributed by atoms with Gasteiger partial charge in [-0.15, -0.1) is 0 Å². The standard InChI is InChI=1S/C12H15FO4/c1-3-11(14)16-8-5-6-10(9(13)7-8)17-12(15)4-2/h3-4,8-10H,1-2,5-7H2. The number of carbonyl (C=O) groups excluding carboxylic acids is 2. The van der Waals surface area contributed by atoms with Gasteiger partial charge in [0.2, 0.25) is 0 Å².